The minimum absolute atomic E-state index is 0.0117. The highest BCUT2D eigenvalue weighted by Gasteiger charge is 2.37. The lowest BCUT2D eigenvalue weighted by Crippen LogP contribution is -2.49. The zero-order chi connectivity index (χ0) is 24.0. The standard InChI is InChI=1S/C28H40N4O2/c1-22(2)20-31-18-19-34-25-11-4-3-8-23(25)9-5-6-12-28(21-31)13-16-32(17-14-28)27(33)24-10-7-15-30-26(24)29/h3-4,7-8,10-11,15,22H,5-6,9,12-14,16-21H2,1-2H3,(H2,29,30). The third kappa shape index (κ3) is 6.09. The molecule has 34 heavy (non-hydrogen) atoms. The van der Waals surface area contributed by atoms with Crippen molar-refractivity contribution < 1.29 is 9.53 Å². The van der Waals surface area contributed by atoms with Gasteiger partial charge >= 0.3 is 0 Å². The number of benzene rings is 1. The van der Waals surface area contributed by atoms with Gasteiger partial charge in [-0.25, -0.2) is 4.98 Å². The molecule has 3 heterocycles. The van der Waals surface area contributed by atoms with Crippen LogP contribution in [0.4, 0.5) is 5.82 Å². The van der Waals surface area contributed by atoms with Gasteiger partial charge in [0.1, 0.15) is 18.2 Å². The van der Waals surface area contributed by atoms with Crippen molar-refractivity contribution in [3.63, 3.8) is 0 Å². The summed E-state index contributed by atoms with van der Waals surface area (Å²) < 4.78 is 6.24. The topological polar surface area (TPSA) is 71.7 Å². The molecule has 2 aliphatic rings. The summed E-state index contributed by atoms with van der Waals surface area (Å²) in [6.45, 7) is 9.93. The Balaban J connectivity index is 1.47. The highest BCUT2D eigenvalue weighted by molar-refractivity contribution is 5.98. The van der Waals surface area contributed by atoms with E-state index in [0.717, 1.165) is 57.7 Å². The minimum atomic E-state index is 0.0117. The number of hydrogen-bond donors (Lipinski definition) is 1. The maximum absolute atomic E-state index is 13.1. The van der Waals surface area contributed by atoms with Crippen LogP contribution < -0.4 is 10.5 Å². The van der Waals surface area contributed by atoms with Crippen LogP contribution in [0.5, 0.6) is 5.75 Å². The number of carbonyl (C=O) groups is 1. The molecule has 0 saturated carbocycles. The number of rotatable bonds is 3. The molecule has 1 spiro atoms. The van der Waals surface area contributed by atoms with E-state index in [2.05, 4.69) is 48.0 Å². The molecule has 1 saturated heterocycles. The van der Waals surface area contributed by atoms with Crippen LogP contribution in [-0.2, 0) is 6.42 Å². The molecule has 0 aliphatic carbocycles. The first-order valence-electron chi connectivity index (χ1n) is 12.9. The largest absolute Gasteiger partial charge is 0.492 e. The number of pyridine rings is 1. The van der Waals surface area contributed by atoms with Gasteiger partial charge in [0.05, 0.1) is 5.56 Å². The second-order valence-corrected chi connectivity index (χ2v) is 10.5. The van der Waals surface area contributed by atoms with Gasteiger partial charge in [-0.15, -0.1) is 0 Å². The number of carbonyl (C=O) groups excluding carboxylic acids is 1. The Bertz CT molecular complexity index is 953. The number of nitrogen functional groups attached to an aromatic ring is 1. The molecule has 4 rings (SSSR count). The van der Waals surface area contributed by atoms with Crippen LogP contribution in [0.2, 0.25) is 0 Å². The summed E-state index contributed by atoms with van der Waals surface area (Å²) in [7, 11) is 0. The summed E-state index contributed by atoms with van der Waals surface area (Å²) in [5.41, 5.74) is 8.07. The van der Waals surface area contributed by atoms with Gasteiger partial charge in [0, 0.05) is 38.9 Å². The van der Waals surface area contributed by atoms with Gasteiger partial charge in [-0.05, 0) is 67.2 Å². The molecular weight excluding hydrogens is 424 g/mol. The van der Waals surface area contributed by atoms with E-state index in [0.29, 0.717) is 23.9 Å². The normalized spacial score (nSPS) is 19.7. The fraction of sp³-hybridized carbons (Fsp3) is 0.571. The third-order valence-corrected chi connectivity index (χ3v) is 7.40. The molecule has 1 aromatic heterocycles. The molecule has 6 nitrogen and oxygen atoms in total. The third-order valence-electron chi connectivity index (χ3n) is 7.40. The highest BCUT2D eigenvalue weighted by atomic mass is 16.5. The molecule has 2 N–H and O–H groups in total. The summed E-state index contributed by atoms with van der Waals surface area (Å²) in [5.74, 6) is 1.98. The lowest BCUT2D eigenvalue weighted by molar-refractivity contribution is 0.0355. The maximum atomic E-state index is 13.1. The van der Waals surface area contributed by atoms with Crippen molar-refractivity contribution in [3.8, 4) is 5.75 Å². The molecule has 184 valence electrons. The number of ether oxygens (including phenoxy) is 1. The molecule has 6 heteroatoms. The number of hydrogen-bond acceptors (Lipinski definition) is 5. The van der Waals surface area contributed by atoms with Gasteiger partial charge < -0.3 is 15.4 Å². The predicted molar refractivity (Wildman–Crippen MR) is 137 cm³/mol. The molecule has 0 unspecified atom stereocenters. The van der Waals surface area contributed by atoms with Crippen molar-refractivity contribution in [1.29, 1.82) is 0 Å². The van der Waals surface area contributed by atoms with Crippen LogP contribution in [0.15, 0.2) is 42.6 Å². The van der Waals surface area contributed by atoms with Crippen molar-refractivity contribution in [2.75, 3.05) is 45.1 Å². The molecule has 1 amide bonds. The highest BCUT2D eigenvalue weighted by Crippen LogP contribution is 2.39. The van der Waals surface area contributed by atoms with E-state index in [4.69, 9.17) is 10.5 Å². The van der Waals surface area contributed by atoms with E-state index >= 15 is 0 Å². The summed E-state index contributed by atoms with van der Waals surface area (Å²) >= 11 is 0. The van der Waals surface area contributed by atoms with Crippen molar-refractivity contribution in [1.82, 2.24) is 14.8 Å². The van der Waals surface area contributed by atoms with Crippen LogP contribution in [0.1, 0.15) is 61.9 Å². The molecule has 0 bridgehead atoms. The van der Waals surface area contributed by atoms with Crippen molar-refractivity contribution >= 4 is 11.7 Å². The second-order valence-electron chi connectivity index (χ2n) is 10.5. The van der Waals surface area contributed by atoms with E-state index in [-0.39, 0.29) is 11.3 Å². The summed E-state index contributed by atoms with van der Waals surface area (Å²) in [4.78, 5) is 21.8. The number of piperidine rings is 1. The molecule has 2 aliphatic heterocycles. The Hall–Kier alpha value is -2.60. The van der Waals surface area contributed by atoms with Gasteiger partial charge in [-0.2, -0.15) is 0 Å². The summed E-state index contributed by atoms with van der Waals surface area (Å²) in [6.07, 6.45) is 8.34. The average Bonchev–Trinajstić information content (AvgIpc) is 2.82. The van der Waals surface area contributed by atoms with Crippen LogP contribution >= 0.6 is 0 Å². The number of para-hydroxylation sites is 1. The van der Waals surface area contributed by atoms with E-state index in [9.17, 15) is 4.79 Å². The Morgan fingerprint density at radius 2 is 1.88 bits per heavy atom. The van der Waals surface area contributed by atoms with Gasteiger partial charge in [-0.1, -0.05) is 38.5 Å². The number of aromatic nitrogens is 1. The molecule has 1 fully saturated rings. The molecule has 1 aromatic carbocycles. The Morgan fingerprint density at radius 1 is 1.09 bits per heavy atom. The number of anilines is 1. The SMILES string of the molecule is CC(C)CN1CCOc2ccccc2CCCCC2(CCN(C(=O)c3cccnc3N)CC2)C1. The maximum Gasteiger partial charge on any atom is 0.257 e. The van der Waals surface area contributed by atoms with Gasteiger partial charge in [-0.3, -0.25) is 9.69 Å². The zero-order valence-corrected chi connectivity index (χ0v) is 20.8. The summed E-state index contributed by atoms with van der Waals surface area (Å²) in [5, 5.41) is 0. The first-order valence-corrected chi connectivity index (χ1v) is 12.9. The fourth-order valence-electron chi connectivity index (χ4n) is 5.62. The Labute approximate surface area is 204 Å². The number of likely N-dealkylation sites (tertiary alicyclic amines) is 1. The smallest absolute Gasteiger partial charge is 0.257 e. The predicted octanol–water partition coefficient (Wildman–Crippen LogP) is 4.65. The minimum Gasteiger partial charge on any atom is -0.492 e. The number of amides is 1. The van der Waals surface area contributed by atoms with Crippen LogP contribution in [0.25, 0.3) is 0 Å². The fourth-order valence-corrected chi connectivity index (χ4v) is 5.62. The monoisotopic (exact) mass is 464 g/mol. The first-order chi connectivity index (χ1) is 16.5. The lowest BCUT2D eigenvalue weighted by atomic mass is 9.73. The number of nitrogens with zero attached hydrogens (tertiary/aromatic N) is 3. The second kappa shape index (κ2) is 11.2. The molecule has 2 aromatic rings. The van der Waals surface area contributed by atoms with Crippen molar-refractivity contribution in [2.24, 2.45) is 11.3 Å². The van der Waals surface area contributed by atoms with Gasteiger partial charge in [0.2, 0.25) is 0 Å². The number of nitrogens with two attached hydrogens (primary N) is 1. The Kier molecular flexibility index (Phi) is 8.09. The van der Waals surface area contributed by atoms with E-state index in [1.54, 1.807) is 18.3 Å². The van der Waals surface area contributed by atoms with Crippen LogP contribution in [0, 0.1) is 11.3 Å². The quantitative estimate of drug-likeness (QED) is 0.716. The van der Waals surface area contributed by atoms with E-state index in [1.165, 1.54) is 24.8 Å². The summed E-state index contributed by atoms with van der Waals surface area (Å²) in [6, 6.07) is 12.1. The number of fused-ring (bicyclic) bond motifs is 1. The zero-order valence-electron chi connectivity index (χ0n) is 20.8. The van der Waals surface area contributed by atoms with Crippen LogP contribution in [-0.4, -0.2) is 60.0 Å². The van der Waals surface area contributed by atoms with Crippen molar-refractivity contribution in [3.05, 3.63) is 53.7 Å². The van der Waals surface area contributed by atoms with Gasteiger partial charge in [0.15, 0.2) is 0 Å². The van der Waals surface area contributed by atoms with Crippen molar-refractivity contribution in [2.45, 2.75) is 52.4 Å². The molecule has 0 radical (unpaired) electrons. The molecule has 0 atom stereocenters. The molecular formula is C28H40N4O2. The van der Waals surface area contributed by atoms with Gasteiger partial charge in [0.25, 0.3) is 5.91 Å². The van der Waals surface area contributed by atoms with E-state index < -0.39 is 0 Å². The lowest BCUT2D eigenvalue weighted by Gasteiger charge is -2.45. The number of aryl methyl sites for hydroxylation is 1. The average molecular weight is 465 g/mol. The van der Waals surface area contributed by atoms with E-state index in [1.807, 2.05) is 4.90 Å². The van der Waals surface area contributed by atoms with Crippen LogP contribution in [0.3, 0.4) is 0 Å². The first kappa shape index (κ1) is 24.5. The Morgan fingerprint density at radius 3 is 2.65 bits per heavy atom.